The number of hydrogen-bond donors (Lipinski definition) is 5. The van der Waals surface area contributed by atoms with E-state index in [0.717, 1.165) is 16.7 Å². The zero-order chi connectivity index (χ0) is 36.1. The summed E-state index contributed by atoms with van der Waals surface area (Å²) in [5, 5.41) is 19.2. The number of primary amides is 1. The first-order chi connectivity index (χ1) is 23.8. The smallest absolute Gasteiger partial charge is 0.323 e. The zero-order valence-corrected chi connectivity index (χ0v) is 28.3. The van der Waals surface area contributed by atoms with Crippen molar-refractivity contribution in [2.45, 2.75) is 71.5 Å². The van der Waals surface area contributed by atoms with Crippen molar-refractivity contribution in [1.82, 2.24) is 20.4 Å². The first-order valence-corrected chi connectivity index (χ1v) is 16.6. The Morgan fingerprint density at radius 2 is 1.80 bits per heavy atom. The Balaban J connectivity index is 1.35. The minimum Gasteiger partial charge on any atom is -0.507 e. The summed E-state index contributed by atoms with van der Waals surface area (Å²) in [5.74, 6) is -3.32. The van der Waals surface area contributed by atoms with Gasteiger partial charge in [-0.2, -0.15) is 0 Å². The largest absolute Gasteiger partial charge is 0.507 e. The maximum atomic E-state index is 13.8. The number of urea groups is 1. The summed E-state index contributed by atoms with van der Waals surface area (Å²) in [6.45, 7) is 5.60. The molecule has 0 aliphatic carbocycles. The number of phenolic OH excluding ortho intramolecular Hbond substituents is 1. The van der Waals surface area contributed by atoms with Crippen molar-refractivity contribution in [2.24, 2.45) is 11.7 Å². The first-order valence-electron chi connectivity index (χ1n) is 16.6. The molecule has 1 fully saturated rings. The van der Waals surface area contributed by atoms with Crippen LogP contribution in [0, 0.1) is 12.8 Å². The van der Waals surface area contributed by atoms with E-state index in [0.29, 0.717) is 16.8 Å². The second-order valence-electron chi connectivity index (χ2n) is 13.1. The fraction of sp³-hybridized carbons (Fsp3) is 0.351. The van der Waals surface area contributed by atoms with E-state index in [9.17, 15) is 33.9 Å². The third-order valence-electron chi connectivity index (χ3n) is 9.20. The summed E-state index contributed by atoms with van der Waals surface area (Å²) in [5.41, 5.74) is 9.97. The van der Waals surface area contributed by atoms with E-state index >= 15 is 0 Å². The third-order valence-corrected chi connectivity index (χ3v) is 9.20. The van der Waals surface area contributed by atoms with Crippen molar-refractivity contribution >= 4 is 41.3 Å². The standard InChI is InChI=1S/C37H42N6O7/c1-21(2)28-17-26(11-9-22(28)3)40-37(50)42(20-39-32(45)16-25(34(38)47)15-23-7-5-4-6-8-23)18-24-10-12-27-29(33(24)46)19-43(36(27)49)30-13-14-31(44)41-35(30)48/h4-12,17,21,25,30,46H,13-16,18-20H2,1-3H3,(H2,38,47)(H,39,45)(H,40,50)(H,41,44,48). The number of imide groups is 1. The van der Waals surface area contributed by atoms with Gasteiger partial charge >= 0.3 is 6.03 Å². The number of amides is 7. The van der Waals surface area contributed by atoms with Gasteiger partial charge in [0, 0.05) is 35.2 Å². The van der Waals surface area contributed by atoms with Gasteiger partial charge in [-0.25, -0.2) is 4.79 Å². The second kappa shape index (κ2) is 15.2. The third kappa shape index (κ3) is 8.11. The molecule has 50 heavy (non-hydrogen) atoms. The lowest BCUT2D eigenvalue weighted by Gasteiger charge is -2.29. The van der Waals surface area contributed by atoms with Gasteiger partial charge in [-0.05, 0) is 60.6 Å². The molecule has 3 aromatic rings. The number of benzene rings is 3. The molecule has 0 spiro atoms. The van der Waals surface area contributed by atoms with E-state index in [1.54, 1.807) is 6.07 Å². The highest BCUT2D eigenvalue weighted by molar-refractivity contribution is 6.05. The topological polar surface area (TPSA) is 191 Å². The fourth-order valence-corrected chi connectivity index (χ4v) is 6.40. The Morgan fingerprint density at radius 1 is 1.06 bits per heavy atom. The maximum Gasteiger partial charge on any atom is 0.323 e. The molecular formula is C37H42N6O7. The average Bonchev–Trinajstić information content (AvgIpc) is 3.41. The number of nitrogens with one attached hydrogen (secondary N) is 3. The van der Waals surface area contributed by atoms with Gasteiger partial charge in [0.2, 0.25) is 23.6 Å². The Hall–Kier alpha value is -5.72. The number of nitrogens with zero attached hydrogens (tertiary/aromatic N) is 2. The summed E-state index contributed by atoms with van der Waals surface area (Å²) in [6.07, 6.45) is 0.343. The molecule has 13 nitrogen and oxygen atoms in total. The van der Waals surface area contributed by atoms with Crippen LogP contribution in [0.1, 0.15) is 77.2 Å². The molecular weight excluding hydrogens is 640 g/mol. The molecule has 0 bridgehead atoms. The summed E-state index contributed by atoms with van der Waals surface area (Å²) >= 11 is 0. The van der Waals surface area contributed by atoms with Crippen LogP contribution in [-0.2, 0) is 38.7 Å². The van der Waals surface area contributed by atoms with E-state index in [-0.39, 0.29) is 62.7 Å². The van der Waals surface area contributed by atoms with Gasteiger partial charge in [-0.15, -0.1) is 0 Å². The highest BCUT2D eigenvalue weighted by Gasteiger charge is 2.40. The molecule has 2 heterocycles. The molecule has 7 amide bonds. The van der Waals surface area contributed by atoms with Crippen molar-refractivity contribution in [3.05, 3.63) is 94.0 Å². The number of carbonyl (C=O) groups excluding carboxylic acids is 6. The number of nitrogens with two attached hydrogens (primary N) is 1. The van der Waals surface area contributed by atoms with Gasteiger partial charge < -0.3 is 31.3 Å². The maximum absolute atomic E-state index is 13.8. The lowest BCUT2D eigenvalue weighted by molar-refractivity contribution is -0.137. The summed E-state index contributed by atoms with van der Waals surface area (Å²) < 4.78 is 0. The van der Waals surface area contributed by atoms with E-state index in [1.165, 1.54) is 21.9 Å². The number of piperidine rings is 1. The SMILES string of the molecule is Cc1ccc(NC(=O)N(CNC(=O)CC(Cc2ccccc2)C(N)=O)Cc2ccc3c(c2O)CN(C2CCC(=O)NC2=O)C3=O)cc1C(C)C. The first kappa shape index (κ1) is 35.6. The number of hydrogen-bond acceptors (Lipinski definition) is 7. The van der Waals surface area contributed by atoms with E-state index in [4.69, 9.17) is 5.73 Å². The number of rotatable bonds is 12. The second-order valence-corrected chi connectivity index (χ2v) is 13.1. The number of aromatic hydroxyl groups is 1. The Bertz CT molecular complexity index is 1830. The van der Waals surface area contributed by atoms with Crippen molar-refractivity contribution < 1.29 is 33.9 Å². The molecule has 5 rings (SSSR count). The number of carbonyl (C=O) groups is 6. The van der Waals surface area contributed by atoms with Gasteiger partial charge in [0.25, 0.3) is 5.91 Å². The molecule has 13 heteroatoms. The highest BCUT2D eigenvalue weighted by atomic mass is 16.3. The summed E-state index contributed by atoms with van der Waals surface area (Å²) in [6, 6.07) is 16.4. The Morgan fingerprint density at radius 3 is 2.48 bits per heavy atom. The summed E-state index contributed by atoms with van der Waals surface area (Å²) in [7, 11) is 0. The average molecular weight is 683 g/mol. The quantitative estimate of drug-likeness (QED) is 0.143. The molecule has 2 atom stereocenters. The number of phenols is 1. The van der Waals surface area contributed by atoms with Gasteiger partial charge in [0.15, 0.2) is 0 Å². The normalized spacial score (nSPS) is 16.1. The molecule has 0 saturated carbocycles. The lowest BCUT2D eigenvalue weighted by atomic mass is 9.95. The van der Waals surface area contributed by atoms with E-state index < -0.39 is 47.5 Å². The van der Waals surface area contributed by atoms with Crippen LogP contribution in [-0.4, -0.2) is 63.2 Å². The van der Waals surface area contributed by atoms with Crippen molar-refractivity contribution in [1.29, 1.82) is 0 Å². The number of aryl methyl sites for hydroxylation is 1. The van der Waals surface area contributed by atoms with Crippen LogP contribution < -0.4 is 21.7 Å². The van der Waals surface area contributed by atoms with E-state index in [1.807, 2.05) is 49.4 Å². The van der Waals surface area contributed by atoms with Gasteiger partial charge in [0.05, 0.1) is 25.7 Å². The van der Waals surface area contributed by atoms with Crippen molar-refractivity contribution in [3.8, 4) is 5.75 Å². The van der Waals surface area contributed by atoms with Crippen LogP contribution in [0.3, 0.4) is 0 Å². The molecule has 6 N–H and O–H groups in total. The minimum atomic E-state index is -0.857. The number of fused-ring (bicyclic) bond motifs is 1. The van der Waals surface area contributed by atoms with Crippen LogP contribution in [0.15, 0.2) is 60.7 Å². The lowest BCUT2D eigenvalue weighted by Crippen LogP contribution is -2.52. The van der Waals surface area contributed by atoms with E-state index in [2.05, 4.69) is 29.8 Å². The monoisotopic (exact) mass is 682 g/mol. The van der Waals surface area contributed by atoms with Gasteiger partial charge in [-0.1, -0.05) is 56.3 Å². The van der Waals surface area contributed by atoms with Crippen LogP contribution >= 0.6 is 0 Å². The molecule has 2 aliphatic rings. The minimum absolute atomic E-state index is 0.0552. The Labute approximate surface area is 290 Å². The highest BCUT2D eigenvalue weighted by Crippen LogP contribution is 2.36. The molecule has 1 saturated heterocycles. The zero-order valence-electron chi connectivity index (χ0n) is 28.3. The molecule has 0 aromatic heterocycles. The Kier molecular flexibility index (Phi) is 10.8. The fourth-order valence-electron chi connectivity index (χ4n) is 6.40. The van der Waals surface area contributed by atoms with Crippen LogP contribution in [0.5, 0.6) is 5.75 Å². The summed E-state index contributed by atoms with van der Waals surface area (Å²) in [4.78, 5) is 79.1. The van der Waals surface area contributed by atoms with Crippen LogP contribution in [0.25, 0.3) is 0 Å². The molecule has 0 radical (unpaired) electrons. The van der Waals surface area contributed by atoms with Gasteiger partial charge in [0.1, 0.15) is 11.8 Å². The van der Waals surface area contributed by atoms with Gasteiger partial charge in [-0.3, -0.25) is 29.3 Å². The predicted molar refractivity (Wildman–Crippen MR) is 184 cm³/mol. The van der Waals surface area contributed by atoms with Crippen LogP contribution in [0.4, 0.5) is 10.5 Å². The van der Waals surface area contributed by atoms with Crippen molar-refractivity contribution in [2.75, 3.05) is 12.0 Å². The molecule has 262 valence electrons. The van der Waals surface area contributed by atoms with Crippen LogP contribution in [0.2, 0.25) is 0 Å². The predicted octanol–water partition coefficient (Wildman–Crippen LogP) is 3.43. The van der Waals surface area contributed by atoms with Crippen molar-refractivity contribution in [3.63, 3.8) is 0 Å². The molecule has 2 aliphatic heterocycles. The molecule has 3 aromatic carbocycles. The number of anilines is 1. The molecule has 2 unspecified atom stereocenters.